The van der Waals surface area contributed by atoms with Crippen molar-refractivity contribution in [2.45, 2.75) is 0 Å². The highest BCUT2D eigenvalue weighted by Gasteiger charge is 2.40. The molecule has 5 heteroatoms. The molecule has 0 radical (unpaired) electrons. The smallest absolute Gasteiger partial charge is 0.326 e. The molecule has 2 N–H and O–H groups in total. The van der Waals surface area contributed by atoms with Gasteiger partial charge in [0.2, 0.25) is 0 Å². The first-order valence-electron chi connectivity index (χ1n) is 11.7. The monoisotopic (exact) mass is 468 g/mol. The van der Waals surface area contributed by atoms with Crippen molar-refractivity contribution in [3.05, 3.63) is 134 Å². The predicted octanol–water partition coefficient (Wildman–Crippen LogP) is 5.56. The van der Waals surface area contributed by atoms with Crippen molar-refractivity contribution >= 4 is 52.0 Å². The molecule has 0 amide bonds. The summed E-state index contributed by atoms with van der Waals surface area (Å²) >= 11 is 0. The lowest BCUT2D eigenvalue weighted by Crippen LogP contribution is -2.70. The SMILES string of the molecule is c1ccc([Si](Nc2cccc3cccnc23)(Nc2cccc3cccnc23)c2ccccc2)cc1. The largest absolute Gasteiger partial charge is 0.386 e. The van der Waals surface area contributed by atoms with Crippen molar-refractivity contribution in [1.82, 2.24) is 9.97 Å². The minimum atomic E-state index is -2.84. The summed E-state index contributed by atoms with van der Waals surface area (Å²) in [5, 5.41) is 4.64. The summed E-state index contributed by atoms with van der Waals surface area (Å²) in [5.41, 5.74) is 3.92. The van der Waals surface area contributed by atoms with Gasteiger partial charge in [0.25, 0.3) is 0 Å². The van der Waals surface area contributed by atoms with E-state index in [2.05, 4.69) is 119 Å². The van der Waals surface area contributed by atoms with Crippen LogP contribution in [-0.2, 0) is 0 Å². The quantitative estimate of drug-likeness (QED) is 0.314. The van der Waals surface area contributed by atoms with Gasteiger partial charge in [-0.1, -0.05) is 97.1 Å². The number of aromatic nitrogens is 2. The maximum absolute atomic E-state index is 4.73. The number of rotatable bonds is 6. The summed E-state index contributed by atoms with van der Waals surface area (Å²) < 4.78 is 0. The predicted molar refractivity (Wildman–Crippen MR) is 149 cm³/mol. The van der Waals surface area contributed by atoms with Crippen LogP contribution in [0, 0.1) is 0 Å². The Bertz CT molecular complexity index is 1470. The van der Waals surface area contributed by atoms with Crippen LogP contribution in [0.1, 0.15) is 0 Å². The van der Waals surface area contributed by atoms with Crippen LogP contribution < -0.4 is 20.3 Å². The normalized spacial score (nSPS) is 11.4. The fourth-order valence-corrected chi connectivity index (χ4v) is 8.25. The van der Waals surface area contributed by atoms with Crippen molar-refractivity contribution in [3.63, 3.8) is 0 Å². The van der Waals surface area contributed by atoms with Gasteiger partial charge in [-0.15, -0.1) is 0 Å². The molecule has 0 atom stereocenters. The van der Waals surface area contributed by atoms with E-state index in [1.807, 2.05) is 24.5 Å². The van der Waals surface area contributed by atoms with Crippen LogP contribution in [-0.4, -0.2) is 18.4 Å². The van der Waals surface area contributed by atoms with E-state index < -0.39 is 8.40 Å². The average Bonchev–Trinajstić information content (AvgIpc) is 2.94. The van der Waals surface area contributed by atoms with Crippen LogP contribution in [0.2, 0.25) is 0 Å². The van der Waals surface area contributed by atoms with Crippen molar-refractivity contribution < 1.29 is 0 Å². The number of nitrogens with zero attached hydrogens (tertiary/aromatic N) is 2. The zero-order valence-corrected chi connectivity index (χ0v) is 20.1. The average molecular weight is 469 g/mol. The molecule has 6 aromatic rings. The fraction of sp³-hybridized carbons (Fsp3) is 0. The van der Waals surface area contributed by atoms with Gasteiger partial charge in [-0.05, 0) is 34.6 Å². The van der Waals surface area contributed by atoms with Gasteiger partial charge in [-0.3, -0.25) is 9.97 Å². The number of nitrogens with one attached hydrogen (secondary N) is 2. The molecule has 0 aliphatic rings. The number of pyridine rings is 2. The highest BCUT2D eigenvalue weighted by molar-refractivity contribution is 7.06. The number of hydrogen-bond donors (Lipinski definition) is 2. The Morgan fingerprint density at radius 1 is 0.429 bits per heavy atom. The zero-order valence-electron chi connectivity index (χ0n) is 19.1. The van der Waals surface area contributed by atoms with Crippen LogP contribution in [0.4, 0.5) is 11.4 Å². The van der Waals surface area contributed by atoms with Crippen molar-refractivity contribution in [2.75, 3.05) is 9.96 Å². The first-order chi connectivity index (χ1) is 17.3. The number of hydrogen-bond acceptors (Lipinski definition) is 4. The summed E-state index contributed by atoms with van der Waals surface area (Å²) in [5.74, 6) is 0. The Morgan fingerprint density at radius 3 is 1.31 bits per heavy atom. The van der Waals surface area contributed by atoms with E-state index in [0.29, 0.717) is 0 Å². The van der Waals surface area contributed by atoms with Crippen LogP contribution in [0.15, 0.2) is 134 Å². The summed E-state index contributed by atoms with van der Waals surface area (Å²) in [4.78, 5) is 17.5. The molecule has 6 rings (SSSR count). The van der Waals surface area contributed by atoms with E-state index >= 15 is 0 Å². The van der Waals surface area contributed by atoms with Crippen LogP contribution >= 0.6 is 0 Å². The highest BCUT2D eigenvalue weighted by atomic mass is 28.3. The molecule has 35 heavy (non-hydrogen) atoms. The van der Waals surface area contributed by atoms with E-state index in [-0.39, 0.29) is 0 Å². The van der Waals surface area contributed by atoms with Gasteiger partial charge >= 0.3 is 8.40 Å². The van der Waals surface area contributed by atoms with Gasteiger partial charge in [0, 0.05) is 23.2 Å². The topological polar surface area (TPSA) is 49.8 Å². The minimum Gasteiger partial charge on any atom is -0.386 e. The Hall–Kier alpha value is -4.48. The molecule has 0 aliphatic heterocycles. The van der Waals surface area contributed by atoms with E-state index in [1.54, 1.807) is 0 Å². The number of fused-ring (bicyclic) bond motifs is 2. The second-order valence-electron chi connectivity index (χ2n) is 8.49. The second kappa shape index (κ2) is 9.04. The van der Waals surface area contributed by atoms with Gasteiger partial charge in [-0.2, -0.15) is 0 Å². The third-order valence-electron chi connectivity index (χ3n) is 6.32. The lowest BCUT2D eigenvalue weighted by molar-refractivity contribution is 1.40. The van der Waals surface area contributed by atoms with E-state index in [4.69, 9.17) is 9.97 Å². The molecular weight excluding hydrogens is 444 g/mol. The molecule has 0 fully saturated rings. The van der Waals surface area contributed by atoms with Crippen LogP contribution in [0.25, 0.3) is 21.8 Å². The van der Waals surface area contributed by atoms with Gasteiger partial charge in [-0.25, -0.2) is 0 Å². The molecule has 168 valence electrons. The molecule has 0 unspecified atom stereocenters. The second-order valence-corrected chi connectivity index (χ2v) is 11.6. The summed E-state index contributed by atoms with van der Waals surface area (Å²) in [6, 6.07) is 42.1. The summed E-state index contributed by atoms with van der Waals surface area (Å²) in [6.45, 7) is 0. The molecule has 0 spiro atoms. The molecule has 0 saturated carbocycles. The lowest BCUT2D eigenvalue weighted by Gasteiger charge is -2.36. The lowest BCUT2D eigenvalue weighted by atomic mass is 10.2. The summed E-state index contributed by atoms with van der Waals surface area (Å²) in [7, 11) is -2.84. The molecule has 0 saturated heterocycles. The third-order valence-corrected chi connectivity index (χ3v) is 10.0. The maximum atomic E-state index is 4.73. The van der Waals surface area contributed by atoms with Crippen molar-refractivity contribution in [1.29, 1.82) is 0 Å². The molecule has 0 aliphatic carbocycles. The van der Waals surface area contributed by atoms with Gasteiger partial charge in [0.15, 0.2) is 0 Å². The van der Waals surface area contributed by atoms with Crippen LogP contribution in [0.5, 0.6) is 0 Å². The van der Waals surface area contributed by atoms with Crippen molar-refractivity contribution in [3.8, 4) is 0 Å². The molecular formula is C30H24N4Si. The molecule has 2 heterocycles. The Balaban J connectivity index is 1.61. The first kappa shape index (κ1) is 21.1. The number of para-hydroxylation sites is 2. The van der Waals surface area contributed by atoms with Gasteiger partial charge in [0.05, 0.1) is 22.4 Å². The maximum Gasteiger partial charge on any atom is 0.326 e. The molecule has 4 nitrogen and oxygen atoms in total. The molecule has 2 aromatic heterocycles. The third kappa shape index (κ3) is 3.92. The van der Waals surface area contributed by atoms with E-state index in [9.17, 15) is 0 Å². The van der Waals surface area contributed by atoms with Gasteiger partial charge < -0.3 is 9.96 Å². The van der Waals surface area contributed by atoms with Crippen molar-refractivity contribution in [2.24, 2.45) is 0 Å². The highest BCUT2D eigenvalue weighted by Crippen LogP contribution is 2.27. The minimum absolute atomic E-state index is 0.955. The van der Waals surface area contributed by atoms with E-state index in [1.165, 1.54) is 10.4 Å². The van der Waals surface area contributed by atoms with E-state index in [0.717, 1.165) is 33.2 Å². The Labute approximate surface area is 205 Å². The Morgan fingerprint density at radius 2 is 0.857 bits per heavy atom. The zero-order chi connectivity index (χ0) is 23.5. The van der Waals surface area contributed by atoms with Crippen LogP contribution in [0.3, 0.4) is 0 Å². The standard InChI is InChI=1S/C30H24N4Si/c1-3-15-25(16-4-1)35(26-17-5-2-6-18-26,33-27-19-7-11-23-13-9-21-31-29(23)27)34-28-20-8-12-24-14-10-22-32-30(24)28/h1-22,33-34H. The summed E-state index contributed by atoms with van der Waals surface area (Å²) in [6.07, 6.45) is 3.70. The molecule has 0 bridgehead atoms. The fourth-order valence-electron chi connectivity index (χ4n) is 4.68. The Kier molecular flexibility index (Phi) is 5.45. The number of benzene rings is 4. The number of anilines is 2. The first-order valence-corrected chi connectivity index (χ1v) is 13.7. The molecule has 4 aromatic carbocycles. The van der Waals surface area contributed by atoms with Gasteiger partial charge in [0.1, 0.15) is 0 Å².